The first kappa shape index (κ1) is 22.7. The van der Waals surface area contributed by atoms with Gasteiger partial charge in [0.25, 0.3) is 0 Å². The molecule has 2 N–H and O–H groups in total. The van der Waals surface area contributed by atoms with E-state index < -0.39 is 0 Å². The Labute approximate surface area is 170 Å². The molecule has 1 aromatic rings. The highest BCUT2D eigenvalue weighted by Crippen LogP contribution is 2.19. The maximum atomic E-state index is 5.72. The van der Waals surface area contributed by atoms with E-state index in [4.69, 9.17) is 14.5 Å². The first-order valence-electron chi connectivity index (χ1n) is 10.5. The van der Waals surface area contributed by atoms with E-state index in [0.29, 0.717) is 12.6 Å². The van der Waals surface area contributed by atoms with Gasteiger partial charge in [-0.1, -0.05) is 29.8 Å². The van der Waals surface area contributed by atoms with Crippen molar-refractivity contribution in [1.82, 2.24) is 15.5 Å². The molecule has 6 heteroatoms. The Morgan fingerprint density at radius 1 is 1.29 bits per heavy atom. The van der Waals surface area contributed by atoms with Crippen molar-refractivity contribution in [1.29, 1.82) is 0 Å². The van der Waals surface area contributed by atoms with Crippen molar-refractivity contribution in [3.05, 3.63) is 35.4 Å². The van der Waals surface area contributed by atoms with E-state index in [-0.39, 0.29) is 6.04 Å². The number of guanidine groups is 1. The molecule has 1 fully saturated rings. The Morgan fingerprint density at radius 2 is 2.07 bits per heavy atom. The SMILES string of the molecule is CCNC(=NCC(c1ccc(C)cc1)N(C)C)NCCCOCC1CCCO1. The Bertz CT molecular complexity index is 568. The number of benzene rings is 1. The zero-order valence-corrected chi connectivity index (χ0v) is 18.0. The third kappa shape index (κ3) is 8.17. The van der Waals surface area contributed by atoms with Crippen molar-refractivity contribution in [3.8, 4) is 0 Å². The molecule has 0 saturated carbocycles. The highest BCUT2D eigenvalue weighted by Gasteiger charge is 2.15. The van der Waals surface area contributed by atoms with Crippen molar-refractivity contribution >= 4 is 5.96 Å². The van der Waals surface area contributed by atoms with Gasteiger partial charge in [0.1, 0.15) is 0 Å². The van der Waals surface area contributed by atoms with Crippen LogP contribution in [-0.4, -0.2) is 70.5 Å². The average Bonchev–Trinajstić information content (AvgIpc) is 3.19. The molecule has 1 aliphatic rings. The van der Waals surface area contributed by atoms with Gasteiger partial charge in [-0.2, -0.15) is 0 Å². The lowest BCUT2D eigenvalue weighted by molar-refractivity contribution is 0.0168. The van der Waals surface area contributed by atoms with Crippen LogP contribution >= 0.6 is 0 Å². The van der Waals surface area contributed by atoms with Gasteiger partial charge in [0.05, 0.1) is 25.3 Å². The highest BCUT2D eigenvalue weighted by atomic mass is 16.5. The number of aliphatic imine (C=N–C) groups is 1. The zero-order chi connectivity index (χ0) is 20.2. The molecule has 6 nitrogen and oxygen atoms in total. The number of hydrogen-bond donors (Lipinski definition) is 2. The summed E-state index contributed by atoms with van der Waals surface area (Å²) in [5, 5.41) is 6.75. The van der Waals surface area contributed by atoms with Crippen molar-refractivity contribution in [2.24, 2.45) is 4.99 Å². The summed E-state index contributed by atoms with van der Waals surface area (Å²) < 4.78 is 11.3. The molecule has 1 aliphatic heterocycles. The fraction of sp³-hybridized carbons (Fsp3) is 0.682. The van der Waals surface area contributed by atoms with Gasteiger partial charge in [-0.05, 0) is 52.8 Å². The second kappa shape index (κ2) is 12.8. The summed E-state index contributed by atoms with van der Waals surface area (Å²) in [4.78, 5) is 7.03. The monoisotopic (exact) mass is 390 g/mol. The zero-order valence-electron chi connectivity index (χ0n) is 18.0. The van der Waals surface area contributed by atoms with Gasteiger partial charge in [-0.25, -0.2) is 0 Å². The van der Waals surface area contributed by atoms with E-state index >= 15 is 0 Å². The number of nitrogens with one attached hydrogen (secondary N) is 2. The first-order valence-corrected chi connectivity index (χ1v) is 10.5. The minimum Gasteiger partial charge on any atom is -0.379 e. The molecular weight excluding hydrogens is 352 g/mol. The predicted molar refractivity (Wildman–Crippen MR) is 116 cm³/mol. The van der Waals surface area contributed by atoms with Gasteiger partial charge in [-0.15, -0.1) is 0 Å². The summed E-state index contributed by atoms with van der Waals surface area (Å²) in [5.41, 5.74) is 2.57. The molecule has 158 valence electrons. The number of rotatable bonds is 11. The normalized spacial score (nSPS) is 18.5. The quantitative estimate of drug-likeness (QED) is 0.346. The molecule has 0 aliphatic carbocycles. The molecular formula is C22H38N4O2. The van der Waals surface area contributed by atoms with Crippen LogP contribution in [0.25, 0.3) is 0 Å². The van der Waals surface area contributed by atoms with Crippen molar-refractivity contribution < 1.29 is 9.47 Å². The minimum absolute atomic E-state index is 0.255. The highest BCUT2D eigenvalue weighted by molar-refractivity contribution is 5.79. The van der Waals surface area contributed by atoms with Gasteiger partial charge in [0.2, 0.25) is 0 Å². The van der Waals surface area contributed by atoms with Crippen molar-refractivity contribution in [3.63, 3.8) is 0 Å². The van der Waals surface area contributed by atoms with E-state index in [1.807, 2.05) is 0 Å². The van der Waals surface area contributed by atoms with Crippen LogP contribution in [0.2, 0.25) is 0 Å². The Balaban J connectivity index is 1.76. The van der Waals surface area contributed by atoms with Gasteiger partial charge in [0.15, 0.2) is 5.96 Å². The average molecular weight is 391 g/mol. The van der Waals surface area contributed by atoms with Crippen LogP contribution in [0.5, 0.6) is 0 Å². The summed E-state index contributed by atoms with van der Waals surface area (Å²) >= 11 is 0. The molecule has 0 bridgehead atoms. The lowest BCUT2D eigenvalue weighted by Gasteiger charge is -2.24. The molecule has 1 heterocycles. The third-order valence-corrected chi connectivity index (χ3v) is 4.94. The van der Waals surface area contributed by atoms with E-state index in [1.54, 1.807) is 0 Å². The molecule has 0 aromatic heterocycles. The van der Waals surface area contributed by atoms with Gasteiger partial charge >= 0.3 is 0 Å². The number of hydrogen-bond acceptors (Lipinski definition) is 4. The Morgan fingerprint density at radius 3 is 2.71 bits per heavy atom. The maximum absolute atomic E-state index is 5.72. The summed E-state index contributed by atoms with van der Waals surface area (Å²) in [5.74, 6) is 0.862. The lowest BCUT2D eigenvalue weighted by atomic mass is 10.0. The van der Waals surface area contributed by atoms with Crippen LogP contribution in [0.3, 0.4) is 0 Å². The third-order valence-electron chi connectivity index (χ3n) is 4.94. The van der Waals surface area contributed by atoms with E-state index in [0.717, 1.165) is 58.1 Å². The Kier molecular flexibility index (Phi) is 10.3. The molecule has 2 atom stereocenters. The maximum Gasteiger partial charge on any atom is 0.191 e. The second-order valence-electron chi connectivity index (χ2n) is 7.60. The van der Waals surface area contributed by atoms with E-state index in [9.17, 15) is 0 Å². The summed E-state index contributed by atoms with van der Waals surface area (Å²) in [7, 11) is 4.21. The summed E-state index contributed by atoms with van der Waals surface area (Å²) in [6.07, 6.45) is 3.54. The topological polar surface area (TPSA) is 58.1 Å². The predicted octanol–water partition coefficient (Wildman–Crippen LogP) is 2.74. The van der Waals surface area contributed by atoms with Crippen LogP contribution in [0.15, 0.2) is 29.3 Å². The molecule has 0 radical (unpaired) electrons. The second-order valence-corrected chi connectivity index (χ2v) is 7.60. The number of likely N-dealkylation sites (N-methyl/N-ethyl adjacent to an activating group) is 1. The largest absolute Gasteiger partial charge is 0.379 e. The van der Waals surface area contributed by atoms with Crippen LogP contribution in [-0.2, 0) is 9.47 Å². The summed E-state index contributed by atoms with van der Waals surface area (Å²) in [6, 6.07) is 8.97. The van der Waals surface area contributed by atoms with Crippen LogP contribution in [0.4, 0.5) is 0 Å². The Hall–Kier alpha value is -1.63. The van der Waals surface area contributed by atoms with Crippen LogP contribution in [0.1, 0.15) is 43.4 Å². The summed E-state index contributed by atoms with van der Waals surface area (Å²) in [6.45, 7) is 8.95. The van der Waals surface area contributed by atoms with Crippen molar-refractivity contribution in [2.45, 2.75) is 45.3 Å². The molecule has 2 unspecified atom stereocenters. The fourth-order valence-corrected chi connectivity index (χ4v) is 3.25. The standard InChI is InChI=1S/C22H38N4O2/c1-5-23-22(24-13-7-14-27-17-20-8-6-15-28-20)25-16-21(26(3)4)19-11-9-18(2)10-12-19/h9-12,20-21H,5-8,13-17H2,1-4H3,(H2,23,24,25). The fourth-order valence-electron chi connectivity index (χ4n) is 3.25. The molecule has 0 amide bonds. The smallest absolute Gasteiger partial charge is 0.191 e. The molecule has 28 heavy (non-hydrogen) atoms. The lowest BCUT2D eigenvalue weighted by Crippen LogP contribution is -2.38. The van der Waals surface area contributed by atoms with Gasteiger partial charge in [0, 0.05) is 26.3 Å². The van der Waals surface area contributed by atoms with Gasteiger partial charge in [-0.3, -0.25) is 4.99 Å². The van der Waals surface area contributed by atoms with E-state index in [2.05, 4.69) is 67.7 Å². The molecule has 1 saturated heterocycles. The number of ether oxygens (including phenoxy) is 2. The number of aryl methyl sites for hydroxylation is 1. The minimum atomic E-state index is 0.255. The van der Waals surface area contributed by atoms with Crippen LogP contribution in [0, 0.1) is 6.92 Å². The van der Waals surface area contributed by atoms with Gasteiger partial charge < -0.3 is 25.0 Å². The van der Waals surface area contributed by atoms with Crippen molar-refractivity contribution in [2.75, 3.05) is 53.6 Å². The van der Waals surface area contributed by atoms with Crippen LogP contribution < -0.4 is 10.6 Å². The molecule has 2 rings (SSSR count). The van der Waals surface area contributed by atoms with E-state index in [1.165, 1.54) is 11.1 Å². The molecule has 0 spiro atoms. The number of nitrogens with zero attached hydrogens (tertiary/aromatic N) is 2. The first-order chi connectivity index (χ1) is 13.6. The molecule has 1 aromatic carbocycles.